The largest absolute Gasteiger partial charge is 0.481 e. The van der Waals surface area contributed by atoms with E-state index in [-0.39, 0.29) is 10.8 Å². The maximum absolute atomic E-state index is 12.3. The Morgan fingerprint density at radius 2 is 1.80 bits per heavy atom. The lowest BCUT2D eigenvalue weighted by Gasteiger charge is -2.16. The van der Waals surface area contributed by atoms with Crippen molar-refractivity contribution in [2.45, 2.75) is 24.8 Å². The first-order chi connectivity index (χ1) is 11.7. The summed E-state index contributed by atoms with van der Waals surface area (Å²) in [5, 5.41) is 2.67. The van der Waals surface area contributed by atoms with Crippen LogP contribution >= 0.6 is 15.9 Å². The zero-order valence-electron chi connectivity index (χ0n) is 14.0. The van der Waals surface area contributed by atoms with Crippen molar-refractivity contribution >= 4 is 37.5 Å². The van der Waals surface area contributed by atoms with Crippen LogP contribution in [0.1, 0.15) is 12.5 Å². The predicted molar refractivity (Wildman–Crippen MR) is 100 cm³/mol. The molecule has 2 aromatic rings. The highest BCUT2D eigenvalue weighted by atomic mass is 79.9. The molecule has 2 rings (SSSR count). The molecule has 2 N–H and O–H groups in total. The number of anilines is 1. The van der Waals surface area contributed by atoms with E-state index in [0.717, 1.165) is 4.47 Å². The van der Waals surface area contributed by atoms with Crippen molar-refractivity contribution in [1.82, 2.24) is 4.72 Å². The third-order valence-corrected chi connectivity index (χ3v) is 5.59. The minimum absolute atomic E-state index is 0.120. The fraction of sp³-hybridized carbons (Fsp3) is 0.235. The van der Waals surface area contributed by atoms with Crippen molar-refractivity contribution in [2.75, 3.05) is 12.4 Å². The molecular formula is C17H19BrN2O4S. The molecule has 0 saturated heterocycles. The standard InChI is InChI=1S/C17H19BrN2O4S/c1-11-4-7-14(10-16(11)25(22,23)19-3)20-17(21)12(2)24-15-8-5-13(18)6-9-15/h4-10,12,19H,1-3H3,(H,20,21). The first-order valence-electron chi connectivity index (χ1n) is 7.50. The van der Waals surface area contributed by atoms with Gasteiger partial charge in [0.15, 0.2) is 6.10 Å². The fourth-order valence-electron chi connectivity index (χ4n) is 2.09. The topological polar surface area (TPSA) is 84.5 Å². The van der Waals surface area contributed by atoms with Gasteiger partial charge in [-0.15, -0.1) is 0 Å². The van der Waals surface area contributed by atoms with Crippen LogP contribution in [0.2, 0.25) is 0 Å². The Morgan fingerprint density at radius 1 is 1.16 bits per heavy atom. The highest BCUT2D eigenvalue weighted by Crippen LogP contribution is 2.21. The highest BCUT2D eigenvalue weighted by molar-refractivity contribution is 9.10. The lowest BCUT2D eigenvalue weighted by atomic mass is 10.2. The summed E-state index contributed by atoms with van der Waals surface area (Å²) in [6, 6.07) is 11.8. The van der Waals surface area contributed by atoms with Gasteiger partial charge in [0.1, 0.15) is 5.75 Å². The van der Waals surface area contributed by atoms with Crippen LogP contribution in [-0.4, -0.2) is 27.5 Å². The number of nitrogens with one attached hydrogen (secondary N) is 2. The third-order valence-electron chi connectivity index (χ3n) is 3.51. The molecule has 1 unspecified atom stereocenters. The molecule has 0 radical (unpaired) electrons. The second-order valence-electron chi connectivity index (χ2n) is 5.39. The van der Waals surface area contributed by atoms with Crippen LogP contribution in [0.3, 0.4) is 0 Å². The summed E-state index contributed by atoms with van der Waals surface area (Å²) in [6.45, 7) is 3.31. The van der Waals surface area contributed by atoms with Gasteiger partial charge >= 0.3 is 0 Å². The summed E-state index contributed by atoms with van der Waals surface area (Å²) in [7, 11) is -2.26. The number of rotatable bonds is 6. The monoisotopic (exact) mass is 426 g/mol. The quantitative estimate of drug-likeness (QED) is 0.742. The molecule has 1 atom stereocenters. The maximum atomic E-state index is 12.3. The van der Waals surface area contributed by atoms with Crippen molar-refractivity contribution in [3.63, 3.8) is 0 Å². The van der Waals surface area contributed by atoms with Gasteiger partial charge in [0.2, 0.25) is 10.0 Å². The van der Waals surface area contributed by atoms with Crippen LogP contribution in [-0.2, 0) is 14.8 Å². The molecule has 0 aromatic heterocycles. The molecule has 0 bridgehead atoms. The number of aryl methyl sites for hydroxylation is 1. The lowest BCUT2D eigenvalue weighted by Crippen LogP contribution is -2.30. The van der Waals surface area contributed by atoms with E-state index in [9.17, 15) is 13.2 Å². The molecule has 8 heteroatoms. The summed E-state index contributed by atoms with van der Waals surface area (Å²) in [6.07, 6.45) is -0.744. The zero-order valence-corrected chi connectivity index (χ0v) is 16.4. The Kier molecular flexibility index (Phi) is 6.21. The predicted octanol–water partition coefficient (Wildman–Crippen LogP) is 3.07. The SMILES string of the molecule is CNS(=O)(=O)c1cc(NC(=O)C(C)Oc2ccc(Br)cc2)ccc1C. The number of hydrogen-bond donors (Lipinski definition) is 2. The summed E-state index contributed by atoms with van der Waals surface area (Å²) in [4.78, 5) is 12.4. The molecule has 0 spiro atoms. The molecule has 0 saturated carbocycles. The lowest BCUT2D eigenvalue weighted by molar-refractivity contribution is -0.122. The van der Waals surface area contributed by atoms with Gasteiger partial charge in [0.05, 0.1) is 4.90 Å². The van der Waals surface area contributed by atoms with E-state index in [4.69, 9.17) is 4.74 Å². The molecular weight excluding hydrogens is 408 g/mol. The molecule has 1 amide bonds. The summed E-state index contributed by atoms with van der Waals surface area (Å²) in [5.74, 6) is 0.188. The minimum atomic E-state index is -3.60. The smallest absolute Gasteiger partial charge is 0.265 e. The Hall–Kier alpha value is -1.90. The van der Waals surface area contributed by atoms with Gasteiger partial charge in [-0.05, 0) is 62.9 Å². The first-order valence-corrected chi connectivity index (χ1v) is 9.78. The van der Waals surface area contributed by atoms with Crippen molar-refractivity contribution in [3.8, 4) is 5.75 Å². The number of carbonyl (C=O) groups excluding carboxylic acids is 1. The molecule has 6 nitrogen and oxygen atoms in total. The first kappa shape index (κ1) is 19.4. The number of carbonyl (C=O) groups is 1. The summed E-state index contributed by atoms with van der Waals surface area (Å²) in [5.41, 5.74) is 0.974. The Bertz CT molecular complexity index is 867. The van der Waals surface area contributed by atoms with E-state index in [1.165, 1.54) is 13.1 Å². The Morgan fingerprint density at radius 3 is 2.40 bits per heavy atom. The summed E-state index contributed by atoms with van der Waals surface area (Å²) < 4.78 is 32.8. The van der Waals surface area contributed by atoms with Crippen molar-refractivity contribution in [3.05, 3.63) is 52.5 Å². The average molecular weight is 427 g/mol. The van der Waals surface area contributed by atoms with Gasteiger partial charge in [-0.2, -0.15) is 0 Å². The van der Waals surface area contributed by atoms with E-state index in [1.54, 1.807) is 38.1 Å². The average Bonchev–Trinajstić information content (AvgIpc) is 2.58. The molecule has 0 aliphatic carbocycles. The van der Waals surface area contributed by atoms with E-state index >= 15 is 0 Å². The zero-order chi connectivity index (χ0) is 18.6. The van der Waals surface area contributed by atoms with Gasteiger partial charge in [-0.3, -0.25) is 4.79 Å². The van der Waals surface area contributed by atoms with Crippen molar-refractivity contribution in [2.24, 2.45) is 0 Å². The van der Waals surface area contributed by atoms with Gasteiger partial charge in [-0.1, -0.05) is 22.0 Å². The van der Waals surface area contributed by atoms with Crippen LogP contribution in [0.5, 0.6) is 5.75 Å². The summed E-state index contributed by atoms with van der Waals surface area (Å²) >= 11 is 3.33. The normalized spacial score (nSPS) is 12.5. The van der Waals surface area contributed by atoms with Crippen LogP contribution in [0.15, 0.2) is 51.8 Å². The van der Waals surface area contributed by atoms with E-state index in [0.29, 0.717) is 17.0 Å². The number of ether oxygens (including phenoxy) is 1. The second-order valence-corrected chi connectivity index (χ2v) is 8.16. The fourth-order valence-corrected chi connectivity index (χ4v) is 3.35. The van der Waals surface area contributed by atoms with Gasteiger partial charge in [-0.25, -0.2) is 13.1 Å². The number of benzene rings is 2. The van der Waals surface area contributed by atoms with E-state index in [2.05, 4.69) is 26.0 Å². The van der Waals surface area contributed by atoms with E-state index in [1.807, 2.05) is 12.1 Å². The minimum Gasteiger partial charge on any atom is -0.481 e. The van der Waals surface area contributed by atoms with Crippen LogP contribution in [0.25, 0.3) is 0 Å². The number of amides is 1. The molecule has 2 aromatic carbocycles. The van der Waals surface area contributed by atoms with Crippen LogP contribution in [0.4, 0.5) is 5.69 Å². The Labute approximate surface area is 155 Å². The molecule has 0 aliphatic heterocycles. The molecule has 0 fully saturated rings. The second kappa shape index (κ2) is 7.99. The van der Waals surface area contributed by atoms with Gasteiger partial charge in [0, 0.05) is 10.2 Å². The molecule has 0 aliphatic rings. The third kappa shape index (κ3) is 5.04. The van der Waals surface area contributed by atoms with E-state index < -0.39 is 16.1 Å². The van der Waals surface area contributed by atoms with Crippen molar-refractivity contribution in [1.29, 1.82) is 0 Å². The van der Waals surface area contributed by atoms with Crippen LogP contribution in [0, 0.1) is 6.92 Å². The molecule has 134 valence electrons. The molecule has 25 heavy (non-hydrogen) atoms. The van der Waals surface area contributed by atoms with Crippen LogP contribution < -0.4 is 14.8 Å². The Balaban J connectivity index is 2.12. The number of halogens is 1. The van der Waals surface area contributed by atoms with Gasteiger partial charge < -0.3 is 10.1 Å². The number of hydrogen-bond acceptors (Lipinski definition) is 4. The number of sulfonamides is 1. The maximum Gasteiger partial charge on any atom is 0.265 e. The van der Waals surface area contributed by atoms with Gasteiger partial charge in [0.25, 0.3) is 5.91 Å². The highest BCUT2D eigenvalue weighted by Gasteiger charge is 2.18. The molecule has 0 heterocycles. The van der Waals surface area contributed by atoms with Crippen molar-refractivity contribution < 1.29 is 17.9 Å².